The van der Waals surface area contributed by atoms with E-state index in [9.17, 15) is 4.79 Å². The van der Waals surface area contributed by atoms with Gasteiger partial charge in [0.15, 0.2) is 0 Å². The Hall–Kier alpha value is -0.570. The van der Waals surface area contributed by atoms with Crippen molar-refractivity contribution < 1.29 is 4.79 Å². The molecule has 0 aliphatic heterocycles. The molecule has 0 radical (unpaired) electrons. The molecule has 16 heavy (non-hydrogen) atoms. The Labute approximate surface area is 100 Å². The van der Waals surface area contributed by atoms with E-state index in [-0.39, 0.29) is 17.4 Å². The Morgan fingerprint density at radius 2 is 1.81 bits per heavy atom. The summed E-state index contributed by atoms with van der Waals surface area (Å²) in [7, 11) is 1.86. The van der Waals surface area contributed by atoms with Crippen molar-refractivity contribution in [2.24, 2.45) is 17.1 Å². The fourth-order valence-electron chi connectivity index (χ4n) is 1.23. The third kappa shape index (κ3) is 6.11. The maximum atomic E-state index is 11.9. The molecule has 0 heterocycles. The number of nitrogens with two attached hydrogens (primary N) is 1. The van der Waals surface area contributed by atoms with Crippen LogP contribution in [0.15, 0.2) is 0 Å². The van der Waals surface area contributed by atoms with Crippen LogP contribution in [0.4, 0.5) is 0 Å². The van der Waals surface area contributed by atoms with Crippen LogP contribution in [-0.2, 0) is 4.79 Å². The van der Waals surface area contributed by atoms with Gasteiger partial charge in [0.25, 0.3) is 0 Å². The van der Waals surface area contributed by atoms with E-state index in [4.69, 9.17) is 5.73 Å². The van der Waals surface area contributed by atoms with Crippen molar-refractivity contribution >= 4 is 5.91 Å². The minimum Gasteiger partial charge on any atom is -0.346 e. The quantitative estimate of drug-likeness (QED) is 0.784. The minimum absolute atomic E-state index is 0.00541. The van der Waals surface area contributed by atoms with E-state index in [1.807, 2.05) is 7.05 Å². The topological polar surface area (TPSA) is 46.3 Å². The number of carbonyl (C=O) groups is 1. The Balaban J connectivity index is 4.06. The van der Waals surface area contributed by atoms with Gasteiger partial charge in [-0.15, -0.1) is 0 Å². The molecule has 0 fully saturated rings. The van der Waals surface area contributed by atoms with Gasteiger partial charge in [-0.3, -0.25) is 4.79 Å². The van der Waals surface area contributed by atoms with E-state index >= 15 is 0 Å². The number of carbonyl (C=O) groups excluding carboxylic acids is 1. The predicted octanol–water partition coefficient (Wildman–Crippen LogP) is 2.25. The highest BCUT2D eigenvalue weighted by atomic mass is 16.2. The number of hydrogen-bond acceptors (Lipinski definition) is 2. The smallest absolute Gasteiger partial charge is 0.223 e. The molecular weight excluding hydrogens is 200 g/mol. The Kier molecular flexibility index (Phi) is 6.01. The van der Waals surface area contributed by atoms with Crippen molar-refractivity contribution in [2.45, 2.75) is 53.5 Å². The molecule has 0 bridgehead atoms. The van der Waals surface area contributed by atoms with Crippen LogP contribution in [0.2, 0.25) is 0 Å². The van der Waals surface area contributed by atoms with Crippen LogP contribution < -0.4 is 5.73 Å². The molecule has 96 valence electrons. The average Bonchev–Trinajstić information content (AvgIpc) is 2.12. The minimum atomic E-state index is -0.0681. The summed E-state index contributed by atoms with van der Waals surface area (Å²) in [6.07, 6.45) is 1.49. The summed E-state index contributed by atoms with van der Waals surface area (Å²) in [5.74, 6) is 0.787. The fourth-order valence-corrected chi connectivity index (χ4v) is 1.23. The van der Waals surface area contributed by atoms with Gasteiger partial charge in [0.05, 0.1) is 0 Å². The first kappa shape index (κ1) is 15.4. The van der Waals surface area contributed by atoms with Gasteiger partial charge in [-0.2, -0.15) is 0 Å². The van der Waals surface area contributed by atoms with Gasteiger partial charge in [0, 0.05) is 26.1 Å². The van der Waals surface area contributed by atoms with Gasteiger partial charge in [0.2, 0.25) is 5.91 Å². The lowest BCUT2D eigenvalue weighted by Gasteiger charge is -2.28. The summed E-state index contributed by atoms with van der Waals surface area (Å²) in [6, 6.07) is -0.0681. The van der Waals surface area contributed by atoms with Crippen molar-refractivity contribution in [1.82, 2.24) is 4.90 Å². The second kappa shape index (κ2) is 6.24. The molecule has 1 unspecified atom stereocenters. The van der Waals surface area contributed by atoms with E-state index in [1.54, 1.807) is 4.90 Å². The van der Waals surface area contributed by atoms with Crippen LogP contribution in [0.5, 0.6) is 0 Å². The lowest BCUT2D eigenvalue weighted by Crippen LogP contribution is -2.41. The van der Waals surface area contributed by atoms with E-state index in [0.29, 0.717) is 12.3 Å². The van der Waals surface area contributed by atoms with Gasteiger partial charge in [-0.05, 0) is 17.8 Å². The molecule has 1 amide bonds. The summed E-state index contributed by atoms with van der Waals surface area (Å²) in [5.41, 5.74) is 5.99. The summed E-state index contributed by atoms with van der Waals surface area (Å²) in [5, 5.41) is 0. The first-order valence-corrected chi connectivity index (χ1v) is 6.14. The SMILES string of the molecule is CC(C)CCN(C)C(=O)CC(N)C(C)(C)C. The van der Waals surface area contributed by atoms with Gasteiger partial charge in [0.1, 0.15) is 0 Å². The van der Waals surface area contributed by atoms with Crippen LogP contribution >= 0.6 is 0 Å². The third-order valence-corrected chi connectivity index (χ3v) is 2.97. The van der Waals surface area contributed by atoms with Crippen molar-refractivity contribution in [2.75, 3.05) is 13.6 Å². The molecule has 3 nitrogen and oxygen atoms in total. The van der Waals surface area contributed by atoms with Crippen molar-refractivity contribution in [3.8, 4) is 0 Å². The molecule has 2 N–H and O–H groups in total. The zero-order valence-corrected chi connectivity index (χ0v) is 11.7. The summed E-state index contributed by atoms with van der Waals surface area (Å²) < 4.78 is 0. The first-order valence-electron chi connectivity index (χ1n) is 6.14. The van der Waals surface area contributed by atoms with Crippen LogP contribution in [0.1, 0.15) is 47.5 Å². The molecule has 0 aliphatic carbocycles. The van der Waals surface area contributed by atoms with E-state index in [0.717, 1.165) is 13.0 Å². The van der Waals surface area contributed by atoms with Crippen molar-refractivity contribution in [3.63, 3.8) is 0 Å². The monoisotopic (exact) mass is 228 g/mol. The molecule has 0 aromatic rings. The third-order valence-electron chi connectivity index (χ3n) is 2.97. The molecule has 0 saturated carbocycles. The molecule has 0 saturated heterocycles. The standard InChI is InChI=1S/C13H28N2O/c1-10(2)7-8-15(6)12(16)9-11(14)13(3,4)5/h10-11H,7-9,14H2,1-6H3. The number of amides is 1. The predicted molar refractivity (Wildman–Crippen MR) is 69.1 cm³/mol. The van der Waals surface area contributed by atoms with Crippen molar-refractivity contribution in [1.29, 1.82) is 0 Å². The van der Waals surface area contributed by atoms with Crippen molar-refractivity contribution in [3.05, 3.63) is 0 Å². The van der Waals surface area contributed by atoms with Crippen LogP contribution in [0, 0.1) is 11.3 Å². The van der Waals surface area contributed by atoms with E-state index < -0.39 is 0 Å². The zero-order valence-electron chi connectivity index (χ0n) is 11.7. The first-order chi connectivity index (χ1) is 7.14. The zero-order chi connectivity index (χ0) is 12.9. The van der Waals surface area contributed by atoms with Crippen LogP contribution in [-0.4, -0.2) is 30.4 Å². The summed E-state index contributed by atoms with van der Waals surface area (Å²) >= 11 is 0. The number of nitrogens with zero attached hydrogens (tertiary/aromatic N) is 1. The molecule has 0 aromatic carbocycles. The highest BCUT2D eigenvalue weighted by Crippen LogP contribution is 2.20. The lowest BCUT2D eigenvalue weighted by atomic mass is 9.85. The Bertz CT molecular complexity index is 218. The van der Waals surface area contributed by atoms with Gasteiger partial charge >= 0.3 is 0 Å². The van der Waals surface area contributed by atoms with E-state index in [2.05, 4.69) is 34.6 Å². The summed E-state index contributed by atoms with van der Waals surface area (Å²) in [6.45, 7) is 11.4. The highest BCUT2D eigenvalue weighted by Gasteiger charge is 2.24. The maximum absolute atomic E-state index is 11.9. The van der Waals surface area contributed by atoms with Crippen LogP contribution in [0.25, 0.3) is 0 Å². The molecule has 0 rings (SSSR count). The lowest BCUT2D eigenvalue weighted by molar-refractivity contribution is -0.130. The molecular formula is C13H28N2O. The molecule has 3 heteroatoms. The highest BCUT2D eigenvalue weighted by molar-refractivity contribution is 5.76. The second-order valence-corrected chi connectivity index (χ2v) is 6.17. The second-order valence-electron chi connectivity index (χ2n) is 6.17. The molecule has 0 aliphatic rings. The number of hydrogen-bond donors (Lipinski definition) is 1. The maximum Gasteiger partial charge on any atom is 0.223 e. The summed E-state index contributed by atoms with van der Waals surface area (Å²) in [4.78, 5) is 13.7. The normalized spacial score (nSPS) is 14.0. The van der Waals surface area contributed by atoms with Gasteiger partial charge in [-0.25, -0.2) is 0 Å². The average molecular weight is 228 g/mol. The van der Waals surface area contributed by atoms with Crippen LogP contribution in [0.3, 0.4) is 0 Å². The Morgan fingerprint density at radius 1 is 1.31 bits per heavy atom. The molecule has 0 spiro atoms. The largest absolute Gasteiger partial charge is 0.346 e. The van der Waals surface area contributed by atoms with Gasteiger partial charge in [-0.1, -0.05) is 34.6 Å². The molecule has 0 aromatic heterocycles. The fraction of sp³-hybridized carbons (Fsp3) is 0.923. The number of rotatable bonds is 5. The van der Waals surface area contributed by atoms with Gasteiger partial charge < -0.3 is 10.6 Å². The Morgan fingerprint density at radius 3 is 2.19 bits per heavy atom. The molecule has 1 atom stereocenters. The van der Waals surface area contributed by atoms with E-state index in [1.165, 1.54) is 0 Å².